The summed E-state index contributed by atoms with van der Waals surface area (Å²) < 4.78 is 47.3. The van der Waals surface area contributed by atoms with Gasteiger partial charge in [0.15, 0.2) is 0 Å². The SMILES string of the molecule is N=C(N)c1cc(N2CCOCC2)cc(C(=N)N)c1NC(=O)Cc1ccc2ccccc2c1.O=C(Cc1cccc(CCCCCCCCCC(F)(F)F)c1)Nc1c(S)cc(N2CCOCC2)cc1S. The average molecular weight is 985 g/mol. The number of amides is 2. The molecule has 8 N–H and O–H groups in total. The molecule has 2 fully saturated rings. The predicted molar refractivity (Wildman–Crippen MR) is 277 cm³/mol. The summed E-state index contributed by atoms with van der Waals surface area (Å²) in [5.74, 6) is -0.802. The molecule has 12 nitrogen and oxygen atoms in total. The van der Waals surface area contributed by atoms with Crippen molar-refractivity contribution >= 4 is 82.3 Å². The number of nitrogens with one attached hydrogen (secondary N) is 4. The number of nitrogen functional groups attached to an aromatic ring is 2. The van der Waals surface area contributed by atoms with Gasteiger partial charge in [0.25, 0.3) is 0 Å². The van der Waals surface area contributed by atoms with E-state index >= 15 is 0 Å². The Labute approximate surface area is 413 Å². The summed E-state index contributed by atoms with van der Waals surface area (Å²) in [5.41, 5.74) is 18.1. The fourth-order valence-corrected chi connectivity index (χ4v) is 9.15. The molecule has 0 spiro atoms. The van der Waals surface area contributed by atoms with Gasteiger partial charge in [-0.25, -0.2) is 0 Å². The third kappa shape index (κ3) is 16.4. The number of benzene rings is 5. The number of carbonyl (C=O) groups is 2. The number of hydrogen-bond acceptors (Lipinski definition) is 10. The number of morpholine rings is 2. The van der Waals surface area contributed by atoms with E-state index < -0.39 is 12.6 Å². The second-order valence-corrected chi connectivity index (χ2v) is 18.3. The molecule has 7 rings (SSSR count). The Morgan fingerprint density at radius 3 is 1.61 bits per heavy atom. The molecule has 2 aliphatic rings. The number of thiol groups is 2. The normalized spacial score (nSPS) is 13.9. The maximum Gasteiger partial charge on any atom is 0.389 e. The minimum absolute atomic E-state index is 0.118. The van der Waals surface area contributed by atoms with Gasteiger partial charge in [0.1, 0.15) is 11.7 Å². The lowest BCUT2D eigenvalue weighted by Crippen LogP contribution is -2.36. The van der Waals surface area contributed by atoms with E-state index in [9.17, 15) is 22.8 Å². The van der Waals surface area contributed by atoms with Crippen molar-refractivity contribution in [2.24, 2.45) is 11.5 Å². The zero-order chi connectivity index (χ0) is 49.3. The van der Waals surface area contributed by atoms with E-state index in [-0.39, 0.29) is 48.4 Å². The zero-order valence-corrected chi connectivity index (χ0v) is 40.6. The van der Waals surface area contributed by atoms with E-state index in [0.29, 0.717) is 72.5 Å². The van der Waals surface area contributed by atoms with Gasteiger partial charge >= 0.3 is 6.18 Å². The van der Waals surface area contributed by atoms with Crippen LogP contribution in [0.1, 0.15) is 79.2 Å². The molecule has 0 saturated carbocycles. The second-order valence-electron chi connectivity index (χ2n) is 17.3. The smallest absolute Gasteiger partial charge is 0.384 e. The number of halogens is 3. The molecule has 69 heavy (non-hydrogen) atoms. The Morgan fingerprint density at radius 2 is 1.06 bits per heavy atom. The van der Waals surface area contributed by atoms with E-state index in [1.807, 2.05) is 66.7 Å². The largest absolute Gasteiger partial charge is 0.389 e. The van der Waals surface area contributed by atoms with Crippen LogP contribution >= 0.6 is 25.3 Å². The van der Waals surface area contributed by atoms with Crippen molar-refractivity contribution in [1.29, 1.82) is 10.8 Å². The lowest BCUT2D eigenvalue weighted by molar-refractivity contribution is -0.135. The summed E-state index contributed by atoms with van der Waals surface area (Å²) >= 11 is 9.20. The first kappa shape index (κ1) is 52.6. The minimum Gasteiger partial charge on any atom is -0.384 e. The number of unbranched alkanes of at least 4 members (excludes halogenated alkanes) is 6. The summed E-state index contributed by atoms with van der Waals surface area (Å²) in [7, 11) is 0. The first-order chi connectivity index (χ1) is 33.1. The number of ether oxygens (including phenoxy) is 2. The van der Waals surface area contributed by atoms with Gasteiger partial charge in [0.05, 0.1) is 50.6 Å². The highest BCUT2D eigenvalue weighted by Crippen LogP contribution is 2.34. The quantitative estimate of drug-likeness (QED) is 0.0174. The second kappa shape index (κ2) is 25.7. The van der Waals surface area contributed by atoms with Crippen molar-refractivity contribution in [3.8, 4) is 0 Å². The minimum atomic E-state index is -4.03. The van der Waals surface area contributed by atoms with Crippen molar-refractivity contribution in [2.45, 2.75) is 86.6 Å². The van der Waals surface area contributed by atoms with E-state index in [0.717, 1.165) is 84.9 Å². The third-order valence-electron chi connectivity index (χ3n) is 12.0. The van der Waals surface area contributed by atoms with Crippen LogP contribution in [0.2, 0.25) is 0 Å². The van der Waals surface area contributed by atoms with E-state index in [2.05, 4.69) is 57.8 Å². The van der Waals surface area contributed by atoms with Gasteiger partial charge in [-0.3, -0.25) is 20.4 Å². The Hall–Kier alpha value is -5.75. The van der Waals surface area contributed by atoms with E-state index in [1.54, 1.807) is 12.1 Å². The number of aryl methyl sites for hydroxylation is 1. The molecule has 368 valence electrons. The van der Waals surface area contributed by atoms with Crippen LogP contribution in [0.25, 0.3) is 10.8 Å². The maximum atomic E-state index is 12.9. The van der Waals surface area contributed by atoms with Crippen molar-refractivity contribution in [3.63, 3.8) is 0 Å². The first-order valence-corrected chi connectivity index (χ1v) is 24.3. The molecule has 0 atom stereocenters. The average Bonchev–Trinajstić information content (AvgIpc) is 3.32. The number of anilines is 4. The molecule has 2 aliphatic heterocycles. The molecule has 5 aromatic carbocycles. The van der Waals surface area contributed by atoms with Crippen LogP contribution in [0.4, 0.5) is 35.9 Å². The van der Waals surface area contributed by atoms with Crippen molar-refractivity contribution in [3.05, 3.63) is 119 Å². The fourth-order valence-electron chi connectivity index (χ4n) is 8.44. The molecular formula is C52H63F3N8O4S2. The fraction of sp³-hybridized carbons (Fsp3) is 0.385. The summed E-state index contributed by atoms with van der Waals surface area (Å²) in [4.78, 5) is 31.3. The monoisotopic (exact) mass is 984 g/mol. The number of nitrogens with two attached hydrogens (primary N) is 2. The number of alkyl halides is 3. The number of rotatable bonds is 19. The van der Waals surface area contributed by atoms with Crippen LogP contribution in [0.3, 0.4) is 0 Å². The molecular weight excluding hydrogens is 922 g/mol. The van der Waals surface area contributed by atoms with Crippen molar-refractivity contribution in [2.75, 3.05) is 73.0 Å². The molecule has 17 heteroatoms. The Balaban J connectivity index is 0.000000229. The van der Waals surface area contributed by atoms with Crippen LogP contribution in [-0.4, -0.2) is 82.3 Å². The van der Waals surface area contributed by atoms with Gasteiger partial charge in [-0.2, -0.15) is 13.2 Å². The summed E-state index contributed by atoms with van der Waals surface area (Å²) in [6.45, 7) is 5.56. The van der Waals surface area contributed by atoms with Gasteiger partial charge in [-0.05, 0) is 71.0 Å². The van der Waals surface area contributed by atoms with Gasteiger partial charge in [0.2, 0.25) is 11.8 Å². The number of carbonyl (C=O) groups excluding carboxylic acids is 2. The molecule has 0 aromatic heterocycles. The molecule has 2 saturated heterocycles. The van der Waals surface area contributed by atoms with Crippen LogP contribution < -0.4 is 31.9 Å². The van der Waals surface area contributed by atoms with Crippen molar-refractivity contribution < 1.29 is 32.2 Å². The Kier molecular flexibility index (Phi) is 19.6. The summed E-state index contributed by atoms with van der Waals surface area (Å²) in [5, 5.41) is 24.1. The summed E-state index contributed by atoms with van der Waals surface area (Å²) in [6.07, 6.45) is 2.46. The molecule has 0 radical (unpaired) electrons. The topological polar surface area (TPSA) is 183 Å². The van der Waals surface area contributed by atoms with Crippen LogP contribution in [0.5, 0.6) is 0 Å². The van der Waals surface area contributed by atoms with Crippen molar-refractivity contribution in [1.82, 2.24) is 0 Å². The van der Waals surface area contributed by atoms with E-state index in [1.165, 1.54) is 5.56 Å². The van der Waals surface area contributed by atoms with Gasteiger partial charge in [0, 0.05) is 64.9 Å². The maximum absolute atomic E-state index is 12.9. The summed E-state index contributed by atoms with van der Waals surface area (Å²) in [6, 6.07) is 29.3. The highest BCUT2D eigenvalue weighted by atomic mass is 32.1. The molecule has 5 aromatic rings. The Morgan fingerprint density at radius 1 is 0.580 bits per heavy atom. The van der Waals surface area contributed by atoms with Gasteiger partial charge < -0.3 is 41.4 Å². The predicted octanol–water partition coefficient (Wildman–Crippen LogP) is 9.93. The number of hydrogen-bond donors (Lipinski definition) is 8. The van der Waals surface area contributed by atoms with E-state index in [4.69, 9.17) is 31.8 Å². The van der Waals surface area contributed by atoms with Crippen LogP contribution in [-0.2, 0) is 38.3 Å². The van der Waals surface area contributed by atoms with Crippen LogP contribution in [0.15, 0.2) is 101 Å². The number of fused-ring (bicyclic) bond motifs is 1. The molecule has 0 bridgehead atoms. The number of nitrogens with zero attached hydrogens (tertiary/aromatic N) is 2. The molecule has 0 unspecified atom stereocenters. The third-order valence-corrected chi connectivity index (χ3v) is 12.7. The Bertz CT molecular complexity index is 2510. The number of amidine groups is 2. The van der Waals surface area contributed by atoms with Gasteiger partial charge in [-0.15, -0.1) is 25.3 Å². The molecule has 0 aliphatic carbocycles. The highest BCUT2D eigenvalue weighted by Gasteiger charge is 2.26. The lowest BCUT2D eigenvalue weighted by atomic mass is 10.0. The standard InChI is InChI=1S/C28H37F3N2O2S2.C24H26N6O2/c29-28(30,31)12-7-5-3-1-2-4-6-9-21-10-8-11-22(17-21)18-26(34)32-27-24(36)19-23(20-25(27)37)33-13-15-35-16-14-33;25-23(26)19-13-18(30-7-9-32-10-8-30)14-20(24(27)28)22(19)29-21(31)12-15-5-6-16-3-1-2-4-17(16)11-15/h8,10-11,17,19-20,36-37H,1-7,9,12-16,18H2,(H,32,34);1-6,11,13-14H,7-10,12H2,(H3,25,26)(H3,27,28)(H,29,31). The molecule has 2 amide bonds. The van der Waals surface area contributed by atoms with Gasteiger partial charge in [-0.1, -0.05) is 98.8 Å². The zero-order valence-electron chi connectivity index (χ0n) is 38.8. The highest BCUT2D eigenvalue weighted by molar-refractivity contribution is 7.81. The van der Waals surface area contributed by atoms with Crippen LogP contribution in [0, 0.1) is 10.8 Å². The first-order valence-electron chi connectivity index (χ1n) is 23.4. The lowest BCUT2D eigenvalue weighted by Gasteiger charge is -2.30. The molecule has 2 heterocycles.